The molecule has 0 saturated carbocycles. The molecular weight excluding hydrogens is 390 g/mol. The topological polar surface area (TPSA) is 156 Å². The van der Waals surface area contributed by atoms with Crippen molar-refractivity contribution in [3.05, 3.63) is 0 Å². The van der Waals surface area contributed by atoms with Crippen molar-refractivity contribution < 1.29 is 48.9 Å². The Labute approximate surface area is 168 Å². The highest BCUT2D eigenvalue weighted by molar-refractivity contribution is 5.72. The van der Waals surface area contributed by atoms with E-state index >= 15 is 0 Å². The van der Waals surface area contributed by atoms with Crippen molar-refractivity contribution in [2.24, 2.45) is 0 Å². The minimum absolute atomic E-state index is 0.0728. The van der Waals surface area contributed by atoms with Crippen LogP contribution in [0.3, 0.4) is 0 Å². The first-order valence-corrected chi connectivity index (χ1v) is 9.96. The lowest BCUT2D eigenvalue weighted by atomic mass is 9.92. The average molecular weight is 421 g/mol. The summed E-state index contributed by atoms with van der Waals surface area (Å²) >= 11 is 0. The molecule has 6 saturated heterocycles. The van der Waals surface area contributed by atoms with Crippen molar-refractivity contribution in [2.45, 2.75) is 81.3 Å². The number of carbonyl (C=O) groups is 1. The number of aliphatic hydroxyl groups is 4. The Morgan fingerprint density at radius 3 is 2.52 bits per heavy atom. The van der Waals surface area contributed by atoms with Crippen LogP contribution < -0.4 is 5.32 Å². The first-order valence-electron chi connectivity index (χ1n) is 9.96. The van der Waals surface area contributed by atoms with Crippen LogP contribution in [0.25, 0.3) is 0 Å². The van der Waals surface area contributed by atoms with Crippen LogP contribution in [0.15, 0.2) is 0 Å². The van der Waals surface area contributed by atoms with Crippen molar-refractivity contribution >= 4 is 5.91 Å². The monoisotopic (exact) mass is 421 g/mol. The largest absolute Gasteiger partial charge is 0.394 e. The molecule has 0 aliphatic carbocycles. The molecule has 6 aliphatic heterocycles. The summed E-state index contributed by atoms with van der Waals surface area (Å²) in [6, 6.07) is 0. The summed E-state index contributed by atoms with van der Waals surface area (Å²) in [7, 11) is 0. The van der Waals surface area contributed by atoms with E-state index < -0.39 is 61.7 Å². The van der Waals surface area contributed by atoms with Crippen LogP contribution in [0.5, 0.6) is 0 Å². The highest BCUT2D eigenvalue weighted by Gasteiger charge is 2.49. The van der Waals surface area contributed by atoms with Gasteiger partial charge in [-0.3, -0.25) is 4.79 Å². The standard InChI is InChI=1S/C18H31NO10/c1-9(22)19-8-26-17-11-3-2-4-25-16-10(23)5-14(28-12(16)6-20)29-18(15(17)24)13(7-21)27-11/h10-18,20-21,23-24H,2-8H2,1H3,(H,19,22)/t10-,11?,12-,13-,14-,15-,16+,17+,18?/m1/s1. The van der Waals surface area contributed by atoms with Crippen LogP contribution in [-0.2, 0) is 28.5 Å². The highest BCUT2D eigenvalue weighted by Crippen LogP contribution is 2.32. The maximum atomic E-state index is 11.1. The number of ether oxygens (including phenoxy) is 5. The summed E-state index contributed by atoms with van der Waals surface area (Å²) in [5.74, 6) is -0.275. The molecule has 5 N–H and O–H groups in total. The number of carbonyl (C=O) groups excluding carboxylic acids is 1. The van der Waals surface area contributed by atoms with Crippen LogP contribution in [0.1, 0.15) is 26.2 Å². The van der Waals surface area contributed by atoms with Crippen LogP contribution in [-0.4, -0.2) is 108 Å². The molecular formula is C18H31NO10. The van der Waals surface area contributed by atoms with Gasteiger partial charge >= 0.3 is 0 Å². The normalized spacial score (nSPS) is 43.3. The van der Waals surface area contributed by atoms with Crippen molar-refractivity contribution in [1.29, 1.82) is 0 Å². The molecule has 0 spiro atoms. The smallest absolute Gasteiger partial charge is 0.218 e. The van der Waals surface area contributed by atoms with E-state index in [1.165, 1.54) is 6.92 Å². The molecule has 6 aliphatic rings. The van der Waals surface area contributed by atoms with E-state index in [0.29, 0.717) is 12.8 Å². The zero-order valence-corrected chi connectivity index (χ0v) is 16.4. The van der Waals surface area contributed by atoms with E-state index in [2.05, 4.69) is 5.32 Å². The van der Waals surface area contributed by atoms with Crippen molar-refractivity contribution in [3.8, 4) is 0 Å². The molecule has 6 rings (SSSR count). The van der Waals surface area contributed by atoms with Crippen LogP contribution in [0.2, 0.25) is 0 Å². The predicted octanol–water partition coefficient (Wildman–Crippen LogP) is -2.38. The fraction of sp³-hybridized carbons (Fsp3) is 0.944. The van der Waals surface area contributed by atoms with Gasteiger partial charge in [-0.05, 0) is 12.8 Å². The minimum Gasteiger partial charge on any atom is -0.394 e. The molecule has 11 heteroatoms. The average Bonchev–Trinajstić information content (AvgIpc) is 2.71. The second kappa shape index (κ2) is 10.4. The zero-order chi connectivity index (χ0) is 21.0. The Kier molecular flexibility index (Phi) is 8.19. The second-order valence-corrected chi connectivity index (χ2v) is 7.56. The number of amides is 1. The molecule has 0 aromatic heterocycles. The van der Waals surface area contributed by atoms with Gasteiger partial charge in [0.1, 0.15) is 43.4 Å². The lowest BCUT2D eigenvalue weighted by molar-refractivity contribution is -0.318. The Balaban J connectivity index is 1.81. The second-order valence-electron chi connectivity index (χ2n) is 7.56. The molecule has 4 bridgehead atoms. The summed E-state index contributed by atoms with van der Waals surface area (Å²) in [6.45, 7) is 0.756. The molecule has 0 aromatic carbocycles. The third-order valence-corrected chi connectivity index (χ3v) is 5.47. The molecule has 9 atom stereocenters. The van der Waals surface area contributed by atoms with Gasteiger partial charge in [0.25, 0.3) is 0 Å². The summed E-state index contributed by atoms with van der Waals surface area (Å²) in [4.78, 5) is 11.1. The Morgan fingerprint density at radius 1 is 1.10 bits per heavy atom. The van der Waals surface area contributed by atoms with Gasteiger partial charge in [-0.25, -0.2) is 0 Å². The quantitative estimate of drug-likeness (QED) is 0.304. The minimum atomic E-state index is -1.17. The molecule has 0 aromatic rings. The fourth-order valence-corrected chi connectivity index (χ4v) is 4.04. The lowest BCUT2D eigenvalue weighted by Gasteiger charge is -2.46. The summed E-state index contributed by atoms with van der Waals surface area (Å²) < 4.78 is 28.9. The molecule has 6 fully saturated rings. The molecule has 6 heterocycles. The molecule has 11 nitrogen and oxygen atoms in total. The first-order chi connectivity index (χ1) is 13.9. The highest BCUT2D eigenvalue weighted by atomic mass is 16.7. The van der Waals surface area contributed by atoms with Crippen LogP contribution in [0.4, 0.5) is 0 Å². The van der Waals surface area contributed by atoms with E-state index in [4.69, 9.17) is 23.7 Å². The van der Waals surface area contributed by atoms with Crippen LogP contribution >= 0.6 is 0 Å². The number of aliphatic hydroxyl groups excluding tert-OH is 4. The lowest BCUT2D eigenvalue weighted by Crippen LogP contribution is -2.62. The Hall–Kier alpha value is -0.890. The fourth-order valence-electron chi connectivity index (χ4n) is 4.04. The SMILES string of the molecule is CC(=O)NCO[C@H]1C2CCCO[C@H]3[C@H](O)C[C@@H](OC([C@@H](CO)O2)[C@@H]1O)O[C@@H]3CO. The van der Waals surface area contributed by atoms with E-state index in [0.717, 1.165) is 0 Å². The predicted molar refractivity (Wildman–Crippen MR) is 95.5 cm³/mol. The van der Waals surface area contributed by atoms with Gasteiger partial charge in [0.2, 0.25) is 5.91 Å². The molecule has 1 amide bonds. The third kappa shape index (κ3) is 5.43. The van der Waals surface area contributed by atoms with Gasteiger partial charge < -0.3 is 49.4 Å². The van der Waals surface area contributed by atoms with Crippen LogP contribution in [0, 0.1) is 0 Å². The van der Waals surface area contributed by atoms with E-state index in [-0.39, 0.29) is 32.3 Å². The Bertz CT molecular complexity index is 537. The van der Waals surface area contributed by atoms with Gasteiger partial charge in [-0.1, -0.05) is 0 Å². The third-order valence-electron chi connectivity index (χ3n) is 5.47. The van der Waals surface area contributed by atoms with Crippen molar-refractivity contribution in [2.75, 3.05) is 26.6 Å². The van der Waals surface area contributed by atoms with Gasteiger partial charge in [-0.15, -0.1) is 0 Å². The molecule has 29 heavy (non-hydrogen) atoms. The maximum absolute atomic E-state index is 11.1. The number of hydrogen-bond acceptors (Lipinski definition) is 10. The van der Waals surface area contributed by atoms with Gasteiger partial charge in [-0.2, -0.15) is 0 Å². The molecule has 168 valence electrons. The zero-order valence-electron chi connectivity index (χ0n) is 16.4. The van der Waals surface area contributed by atoms with Gasteiger partial charge in [0.15, 0.2) is 6.29 Å². The Morgan fingerprint density at radius 2 is 1.83 bits per heavy atom. The molecule has 0 radical (unpaired) electrons. The van der Waals surface area contributed by atoms with E-state index in [1.807, 2.05) is 0 Å². The van der Waals surface area contributed by atoms with E-state index in [1.54, 1.807) is 0 Å². The van der Waals surface area contributed by atoms with Gasteiger partial charge in [0, 0.05) is 20.0 Å². The summed E-state index contributed by atoms with van der Waals surface area (Å²) in [6.07, 6.45) is -6.65. The number of nitrogens with one attached hydrogen (secondary N) is 1. The summed E-state index contributed by atoms with van der Waals surface area (Å²) in [5, 5.41) is 43.3. The number of hydrogen-bond donors (Lipinski definition) is 5. The van der Waals surface area contributed by atoms with Crippen molar-refractivity contribution in [1.82, 2.24) is 5.32 Å². The van der Waals surface area contributed by atoms with Gasteiger partial charge in [0.05, 0.1) is 25.4 Å². The number of rotatable bonds is 5. The van der Waals surface area contributed by atoms with E-state index in [9.17, 15) is 25.2 Å². The first kappa shape index (κ1) is 22.8. The molecule has 2 unspecified atom stereocenters. The summed E-state index contributed by atoms with van der Waals surface area (Å²) in [5.41, 5.74) is 0. The maximum Gasteiger partial charge on any atom is 0.218 e. The van der Waals surface area contributed by atoms with Crippen molar-refractivity contribution in [3.63, 3.8) is 0 Å².